The van der Waals surface area contributed by atoms with Crippen molar-refractivity contribution in [2.24, 2.45) is 46.3 Å². The van der Waals surface area contributed by atoms with Crippen molar-refractivity contribution in [2.45, 2.75) is 171 Å². The molecule has 14 nitrogen and oxygen atoms in total. The molecule has 2 aliphatic heterocycles. The average molecular weight is 761 g/mol. The SMILES string of the molecule is COC1COC(OC2C(O[C@@H](CC[C@@H](C)C3C[C@H](O)C4[C@]3(C)CCC3[C@@]5(C)CC[C@H](O)CC5[C@@H](O)[C@@H](O)[C@]34O)C(C)C)OCC(O)C2OC)C(O)C1O. The highest BCUT2D eigenvalue weighted by Gasteiger charge is 2.73. The molecule has 0 amide bonds. The van der Waals surface area contributed by atoms with E-state index in [2.05, 4.69) is 20.8 Å². The second-order valence-corrected chi connectivity index (χ2v) is 18.3. The Hall–Kier alpha value is -0.560. The van der Waals surface area contributed by atoms with Crippen LogP contribution in [0.1, 0.15) is 86.0 Å². The lowest BCUT2D eigenvalue weighted by molar-refractivity contribution is -0.352. The van der Waals surface area contributed by atoms with E-state index >= 15 is 0 Å². The molecule has 4 aliphatic carbocycles. The number of hydrogen-bond donors (Lipinski definition) is 8. The van der Waals surface area contributed by atoms with Crippen molar-refractivity contribution in [3.8, 4) is 0 Å². The zero-order valence-electron chi connectivity index (χ0n) is 32.6. The van der Waals surface area contributed by atoms with Crippen LogP contribution in [-0.4, -0.2) is 154 Å². The molecule has 8 N–H and O–H groups in total. The summed E-state index contributed by atoms with van der Waals surface area (Å²) in [6.45, 7) is 10.4. The van der Waals surface area contributed by atoms with Crippen LogP contribution in [0.25, 0.3) is 0 Å². The molecule has 0 spiro atoms. The van der Waals surface area contributed by atoms with Crippen LogP contribution in [0.2, 0.25) is 0 Å². The number of aliphatic hydroxyl groups is 8. The first-order valence-corrected chi connectivity index (χ1v) is 20.0. The van der Waals surface area contributed by atoms with Gasteiger partial charge in [-0.15, -0.1) is 0 Å². The fourth-order valence-electron chi connectivity index (χ4n) is 12.3. The van der Waals surface area contributed by atoms with Crippen LogP contribution >= 0.6 is 0 Å². The molecule has 0 aromatic heterocycles. The van der Waals surface area contributed by atoms with Crippen LogP contribution in [0.3, 0.4) is 0 Å². The van der Waals surface area contributed by atoms with Gasteiger partial charge in [0.05, 0.1) is 37.6 Å². The van der Waals surface area contributed by atoms with Gasteiger partial charge in [-0.1, -0.05) is 34.6 Å². The molecular weight excluding hydrogens is 692 g/mol. The highest BCUT2D eigenvalue weighted by Crippen LogP contribution is 2.69. The molecule has 0 aromatic rings. The maximum Gasteiger partial charge on any atom is 0.186 e. The molecule has 53 heavy (non-hydrogen) atoms. The van der Waals surface area contributed by atoms with Gasteiger partial charge in [0.15, 0.2) is 12.6 Å². The van der Waals surface area contributed by atoms with Crippen molar-refractivity contribution in [3.63, 3.8) is 0 Å². The molecule has 308 valence electrons. The van der Waals surface area contributed by atoms with Crippen LogP contribution in [0, 0.1) is 46.3 Å². The van der Waals surface area contributed by atoms with E-state index in [0.29, 0.717) is 38.5 Å². The Balaban J connectivity index is 1.15. The van der Waals surface area contributed by atoms with E-state index in [0.717, 1.165) is 12.8 Å². The van der Waals surface area contributed by atoms with E-state index in [9.17, 15) is 40.9 Å². The fourth-order valence-corrected chi connectivity index (χ4v) is 12.3. The summed E-state index contributed by atoms with van der Waals surface area (Å²) in [5.74, 6) is -1.06. The average Bonchev–Trinajstić information content (AvgIpc) is 3.40. The van der Waals surface area contributed by atoms with Gasteiger partial charge in [-0.3, -0.25) is 0 Å². The third kappa shape index (κ3) is 7.17. The van der Waals surface area contributed by atoms with E-state index in [-0.39, 0.29) is 48.9 Å². The number of aliphatic hydroxyl groups excluding tert-OH is 7. The molecule has 0 radical (unpaired) electrons. The summed E-state index contributed by atoms with van der Waals surface area (Å²) in [6, 6.07) is 0. The summed E-state index contributed by atoms with van der Waals surface area (Å²) in [6.07, 6.45) is -7.94. The molecular formula is C39H68O14. The topological polar surface area (TPSA) is 217 Å². The Bertz CT molecular complexity index is 1230. The number of ether oxygens (including phenoxy) is 6. The highest BCUT2D eigenvalue weighted by molar-refractivity contribution is 5.23. The van der Waals surface area contributed by atoms with Crippen LogP contribution in [0.15, 0.2) is 0 Å². The summed E-state index contributed by atoms with van der Waals surface area (Å²) in [7, 11) is 2.86. The summed E-state index contributed by atoms with van der Waals surface area (Å²) in [5, 5.41) is 90.1. The monoisotopic (exact) mass is 760 g/mol. The van der Waals surface area contributed by atoms with Gasteiger partial charge in [0, 0.05) is 20.1 Å². The normalized spacial score (nSPS) is 52.8. The van der Waals surface area contributed by atoms with Crippen molar-refractivity contribution in [1.29, 1.82) is 0 Å². The summed E-state index contributed by atoms with van der Waals surface area (Å²) >= 11 is 0. The Labute approximate surface area is 314 Å². The van der Waals surface area contributed by atoms with Gasteiger partial charge in [-0.05, 0) is 91.8 Å². The molecule has 21 atom stereocenters. The number of fused-ring (bicyclic) bond motifs is 5. The largest absolute Gasteiger partial charge is 0.393 e. The van der Waals surface area contributed by atoms with E-state index in [4.69, 9.17) is 28.4 Å². The minimum Gasteiger partial charge on any atom is -0.393 e. The summed E-state index contributed by atoms with van der Waals surface area (Å²) < 4.78 is 35.3. The van der Waals surface area contributed by atoms with Gasteiger partial charge >= 0.3 is 0 Å². The van der Waals surface area contributed by atoms with Crippen molar-refractivity contribution < 1.29 is 69.3 Å². The molecule has 6 fully saturated rings. The zero-order valence-corrected chi connectivity index (χ0v) is 32.6. The molecule has 0 bridgehead atoms. The van der Waals surface area contributed by atoms with Crippen molar-refractivity contribution in [3.05, 3.63) is 0 Å². The van der Waals surface area contributed by atoms with Gasteiger partial charge in [-0.2, -0.15) is 0 Å². The third-order valence-corrected chi connectivity index (χ3v) is 15.2. The predicted molar refractivity (Wildman–Crippen MR) is 189 cm³/mol. The first-order chi connectivity index (χ1) is 24.9. The molecule has 12 unspecified atom stereocenters. The first kappa shape index (κ1) is 42.1. The van der Waals surface area contributed by atoms with E-state index in [1.807, 2.05) is 13.8 Å². The third-order valence-electron chi connectivity index (χ3n) is 15.2. The highest BCUT2D eigenvalue weighted by atomic mass is 16.8. The zero-order chi connectivity index (χ0) is 38.8. The van der Waals surface area contributed by atoms with Gasteiger partial charge < -0.3 is 69.3 Å². The molecule has 6 rings (SSSR count). The van der Waals surface area contributed by atoms with Crippen molar-refractivity contribution in [1.82, 2.24) is 0 Å². The summed E-state index contributed by atoms with van der Waals surface area (Å²) in [4.78, 5) is 0. The maximum atomic E-state index is 12.7. The van der Waals surface area contributed by atoms with Gasteiger partial charge in [0.2, 0.25) is 0 Å². The minimum absolute atomic E-state index is 0.0115. The Morgan fingerprint density at radius 1 is 0.736 bits per heavy atom. The smallest absolute Gasteiger partial charge is 0.186 e. The molecule has 0 aromatic carbocycles. The van der Waals surface area contributed by atoms with E-state index in [1.54, 1.807) is 0 Å². The molecule has 14 heteroatoms. The van der Waals surface area contributed by atoms with Gasteiger partial charge in [0.25, 0.3) is 0 Å². The molecule has 2 saturated heterocycles. The Kier molecular flexibility index (Phi) is 12.7. The lowest BCUT2D eigenvalue weighted by Gasteiger charge is -2.67. The number of methoxy groups -OCH3 is 2. The minimum atomic E-state index is -1.66. The van der Waals surface area contributed by atoms with Crippen LogP contribution in [-0.2, 0) is 28.4 Å². The van der Waals surface area contributed by atoms with Crippen molar-refractivity contribution >= 4 is 0 Å². The van der Waals surface area contributed by atoms with Gasteiger partial charge in [-0.25, -0.2) is 0 Å². The Morgan fingerprint density at radius 2 is 1.42 bits per heavy atom. The van der Waals surface area contributed by atoms with Crippen LogP contribution < -0.4 is 0 Å². The Morgan fingerprint density at radius 3 is 2.08 bits per heavy atom. The van der Waals surface area contributed by atoms with Gasteiger partial charge in [0.1, 0.15) is 48.3 Å². The van der Waals surface area contributed by atoms with Crippen molar-refractivity contribution in [2.75, 3.05) is 27.4 Å². The van der Waals surface area contributed by atoms with Crippen LogP contribution in [0.4, 0.5) is 0 Å². The van der Waals surface area contributed by atoms with E-state index < -0.39 is 96.0 Å². The molecule has 4 saturated carbocycles. The lowest BCUT2D eigenvalue weighted by Crippen LogP contribution is -2.75. The fraction of sp³-hybridized carbons (Fsp3) is 1.00. The predicted octanol–water partition coefficient (Wildman–Crippen LogP) is 0.702. The maximum absolute atomic E-state index is 12.7. The second kappa shape index (κ2) is 16.0. The number of rotatable bonds is 11. The van der Waals surface area contributed by atoms with E-state index in [1.165, 1.54) is 14.2 Å². The first-order valence-electron chi connectivity index (χ1n) is 20.0. The lowest BCUT2D eigenvalue weighted by atomic mass is 9.41. The molecule has 2 heterocycles. The quantitative estimate of drug-likeness (QED) is 0.146. The number of hydrogen-bond acceptors (Lipinski definition) is 14. The standard InChI is InChI=1S/C39H68O14/c1-18(2)25(52-36-32(31(49-7)24(42)16-50-36)53-35-30(45)29(44)26(48-6)17-51-35)9-8-19(3)21-15-23(41)33-38(21,5)13-11-27-37(4)12-10-20(40)14-22(37)28(43)34(46)39(27,33)47/h18-36,40-47H,8-17H2,1-7H3/t19-,20+,21?,22?,23+,24?,25+,26?,27?,28-,29?,30?,31?,32?,33?,34-,35?,36?,37+,38-,39+/m1/s1. The molecule has 6 aliphatic rings. The van der Waals surface area contributed by atoms with Crippen LogP contribution in [0.5, 0.6) is 0 Å². The summed E-state index contributed by atoms with van der Waals surface area (Å²) in [5.41, 5.74) is -2.62. The second-order valence-electron chi connectivity index (χ2n) is 18.3.